The highest BCUT2D eigenvalue weighted by Gasteiger charge is 2.35. The molecule has 3 N–H and O–H groups in total. The molecule has 261 valence electrons. The van der Waals surface area contributed by atoms with Gasteiger partial charge in [-0.15, -0.1) is 0 Å². The van der Waals surface area contributed by atoms with Gasteiger partial charge in [0.1, 0.15) is 0 Å². The van der Waals surface area contributed by atoms with Gasteiger partial charge >= 0.3 is 0 Å². The Labute approximate surface area is 285 Å². The van der Waals surface area contributed by atoms with Gasteiger partial charge in [0, 0.05) is 17.5 Å². The second-order valence-corrected chi connectivity index (χ2v) is 13.7. The van der Waals surface area contributed by atoms with Crippen molar-refractivity contribution in [3.05, 3.63) is 41.1 Å². The minimum Gasteiger partial charge on any atom is -0.387 e. The number of nitrogens with zero attached hydrogens (tertiary/aromatic N) is 2. The zero-order valence-corrected chi connectivity index (χ0v) is 32.4. The summed E-state index contributed by atoms with van der Waals surface area (Å²) in [6.07, 6.45) is 8.79. The third kappa shape index (κ3) is 16.7. The van der Waals surface area contributed by atoms with Crippen LogP contribution in [0.5, 0.6) is 0 Å². The van der Waals surface area contributed by atoms with Crippen LogP contribution in [0.25, 0.3) is 5.47 Å². The highest BCUT2D eigenvalue weighted by atomic mass is 16.2. The average molecular weight is 638 g/mol. The number of hydrogen-bond donors (Lipinski definition) is 2. The van der Waals surface area contributed by atoms with Gasteiger partial charge in [0.15, 0.2) is 5.78 Å². The van der Waals surface area contributed by atoms with E-state index in [1.54, 1.807) is 0 Å². The summed E-state index contributed by atoms with van der Waals surface area (Å²) in [6, 6.07) is 8.10. The summed E-state index contributed by atoms with van der Waals surface area (Å²) in [4.78, 5) is 32.9. The quantitative estimate of drug-likeness (QED) is 0.0920. The lowest BCUT2D eigenvalue weighted by molar-refractivity contribution is -0.133. The molecule has 7 heteroatoms. The number of nitrogens with two attached hydrogens (primary N) is 1. The molecule has 3 unspecified atom stereocenters. The van der Waals surface area contributed by atoms with Crippen molar-refractivity contribution in [1.29, 1.82) is 0 Å². The van der Waals surface area contributed by atoms with Crippen LogP contribution in [-0.2, 0) is 16.1 Å². The van der Waals surface area contributed by atoms with Crippen LogP contribution in [0.15, 0.2) is 39.9 Å². The molecule has 6 nitrogen and oxygen atoms in total. The maximum absolute atomic E-state index is 12.4. The number of benzene rings is 1. The van der Waals surface area contributed by atoms with Gasteiger partial charge in [0.25, 0.3) is 0 Å². The number of carbonyl (C=O) groups is 2. The molecule has 0 saturated heterocycles. The molecule has 0 aliphatic carbocycles. The summed E-state index contributed by atoms with van der Waals surface area (Å²) >= 11 is 0. The third-order valence-corrected chi connectivity index (χ3v) is 8.37. The van der Waals surface area contributed by atoms with Crippen LogP contribution in [0.4, 0.5) is 0 Å². The highest BCUT2D eigenvalue weighted by molar-refractivity contribution is 6.85. The average Bonchev–Trinajstić information content (AvgIpc) is 3.45. The molecular formula is C39H70BN4O2. The van der Waals surface area contributed by atoms with E-state index in [0.29, 0.717) is 12.5 Å². The van der Waals surface area contributed by atoms with E-state index in [4.69, 9.17) is 5.73 Å². The summed E-state index contributed by atoms with van der Waals surface area (Å²) in [5.41, 5.74) is 10.5. The molecule has 1 aliphatic heterocycles. The Morgan fingerprint density at radius 2 is 1.52 bits per heavy atom. The zero-order valence-electron chi connectivity index (χ0n) is 32.4. The monoisotopic (exact) mass is 638 g/mol. The van der Waals surface area contributed by atoms with Gasteiger partial charge in [-0.25, -0.2) is 0 Å². The number of hydrogen-bond acceptors (Lipinski definition) is 4. The number of ketones is 1. The molecule has 0 bridgehead atoms. The van der Waals surface area contributed by atoms with Crippen molar-refractivity contribution in [2.45, 2.75) is 155 Å². The molecule has 1 amide bonds. The van der Waals surface area contributed by atoms with E-state index >= 15 is 0 Å². The maximum Gasteiger partial charge on any atom is 0.223 e. The molecule has 1 aromatic rings. The molecule has 1 heterocycles. The Balaban J connectivity index is 0. The number of carbonyl (C=O) groups excluding carboxylic acids is 2. The number of allylic oxidation sites excluding steroid dienone is 1. The lowest BCUT2D eigenvalue weighted by Crippen LogP contribution is -2.51. The molecule has 0 fully saturated rings. The van der Waals surface area contributed by atoms with Crippen molar-refractivity contribution in [2.75, 3.05) is 0 Å². The van der Waals surface area contributed by atoms with Gasteiger partial charge in [-0.1, -0.05) is 145 Å². The van der Waals surface area contributed by atoms with Crippen LogP contribution in [0.2, 0.25) is 0 Å². The number of amides is 1. The fraction of sp³-hybridized carbons (Fsp3) is 0.692. The molecule has 1 radical (unpaired) electrons. The summed E-state index contributed by atoms with van der Waals surface area (Å²) in [5, 5.41) is 2.93. The largest absolute Gasteiger partial charge is 0.387 e. The van der Waals surface area contributed by atoms with Crippen molar-refractivity contribution < 1.29 is 9.59 Å². The molecular weight excluding hydrogens is 567 g/mol. The number of Topliss-reactive ketones (excluding diaryl/α,β-unsaturated/α-hetero) is 1. The first kappa shape index (κ1) is 45.4. The molecule has 2 rings (SSSR count). The van der Waals surface area contributed by atoms with Crippen LogP contribution in [0.1, 0.15) is 154 Å². The summed E-state index contributed by atoms with van der Waals surface area (Å²) in [5.74, 6) is 1.05. The van der Waals surface area contributed by atoms with E-state index in [0.717, 1.165) is 30.8 Å². The first-order valence-electron chi connectivity index (χ1n) is 17.8. The Morgan fingerprint density at radius 1 is 0.957 bits per heavy atom. The predicted octanol–water partition coefficient (Wildman–Crippen LogP) is 9.82. The molecule has 1 aromatic carbocycles. The van der Waals surface area contributed by atoms with Crippen LogP contribution >= 0.6 is 0 Å². The van der Waals surface area contributed by atoms with Crippen LogP contribution in [-0.4, -0.2) is 37.0 Å². The SMILES string of the molecule is CC.CC.CCCC(C)(C)C(C)C(=O)NC(C(C)=O)C(C)(C)C.CCCCCC(C)C(N)=NCc1ccc(C2=C(C)N=C[B]2)cc1. The molecule has 3 atom stereocenters. The number of amidine groups is 1. The van der Waals surface area contributed by atoms with Gasteiger partial charge in [-0.3, -0.25) is 19.6 Å². The van der Waals surface area contributed by atoms with E-state index in [2.05, 4.69) is 81.5 Å². The number of unbranched alkanes of at least 4 members (excludes halogenated alkanes) is 2. The van der Waals surface area contributed by atoms with Gasteiger partial charge in [0.2, 0.25) is 13.2 Å². The lowest BCUT2D eigenvalue weighted by Gasteiger charge is -2.35. The third-order valence-electron chi connectivity index (χ3n) is 8.37. The summed E-state index contributed by atoms with van der Waals surface area (Å²) < 4.78 is 0. The second kappa shape index (κ2) is 23.6. The highest BCUT2D eigenvalue weighted by Crippen LogP contribution is 2.32. The normalized spacial score (nSPS) is 14.7. The van der Waals surface area contributed by atoms with Gasteiger partial charge in [-0.2, -0.15) is 0 Å². The van der Waals surface area contributed by atoms with Gasteiger partial charge in [0.05, 0.1) is 18.4 Å². The van der Waals surface area contributed by atoms with E-state index in [1.807, 2.05) is 68.4 Å². The van der Waals surface area contributed by atoms with Crippen LogP contribution in [0, 0.1) is 22.7 Å². The summed E-state index contributed by atoms with van der Waals surface area (Å²) in [6.45, 7) is 30.8. The molecule has 0 spiro atoms. The number of rotatable bonds is 14. The van der Waals surface area contributed by atoms with E-state index in [-0.39, 0.29) is 28.4 Å². The number of nitrogens with one attached hydrogen (secondary N) is 1. The minimum absolute atomic E-state index is 0.0151. The zero-order chi connectivity index (χ0) is 36.1. The fourth-order valence-electron chi connectivity index (χ4n) is 5.11. The van der Waals surface area contributed by atoms with Gasteiger partial charge in [-0.05, 0) is 54.8 Å². The van der Waals surface area contributed by atoms with Crippen LogP contribution < -0.4 is 11.1 Å². The van der Waals surface area contributed by atoms with Crippen LogP contribution in [0.3, 0.4) is 0 Å². The predicted molar refractivity (Wildman–Crippen MR) is 205 cm³/mol. The van der Waals surface area contributed by atoms with Crippen molar-refractivity contribution in [3.63, 3.8) is 0 Å². The molecule has 0 aromatic heterocycles. The van der Waals surface area contributed by atoms with Gasteiger partial charge < -0.3 is 11.1 Å². The smallest absolute Gasteiger partial charge is 0.223 e. The number of aliphatic imine (C=N–C) groups is 2. The second-order valence-electron chi connectivity index (χ2n) is 13.7. The fourth-order valence-corrected chi connectivity index (χ4v) is 5.11. The molecule has 46 heavy (non-hydrogen) atoms. The Morgan fingerprint density at radius 3 is 1.96 bits per heavy atom. The van der Waals surface area contributed by atoms with E-state index < -0.39 is 6.04 Å². The first-order chi connectivity index (χ1) is 21.5. The van der Waals surface area contributed by atoms with E-state index in [1.165, 1.54) is 42.8 Å². The summed E-state index contributed by atoms with van der Waals surface area (Å²) in [7, 11) is 2.05. The van der Waals surface area contributed by atoms with Crippen molar-refractivity contribution >= 4 is 36.4 Å². The Bertz CT molecular complexity index is 1100. The Hall–Kier alpha value is -2.70. The Kier molecular flexibility index (Phi) is 23.3. The standard InChI is InChI=1S/C19H27BN3.C16H31NO2.2C2H6/c1-4-5-6-7-14(2)19(21)22-12-16-8-10-17(11-9-16)18-15(3)23-13-20-18;1-9-10-16(7,8)11(2)14(19)17-13(12(3)18)15(4,5)6;2*1-2/h8-11,13-14H,4-7,12H2,1-3H3,(H2,21,22);11,13H,9-10H2,1-8H3,(H,17,19);2*1-2H3. The lowest BCUT2D eigenvalue weighted by atomic mass is 9.69. The maximum atomic E-state index is 12.4. The van der Waals surface area contributed by atoms with E-state index in [9.17, 15) is 9.59 Å². The molecule has 1 aliphatic rings. The van der Waals surface area contributed by atoms with Crippen molar-refractivity contribution in [2.24, 2.45) is 38.4 Å². The first-order valence-corrected chi connectivity index (χ1v) is 17.8. The molecule has 0 saturated carbocycles. The van der Waals surface area contributed by atoms with Crippen molar-refractivity contribution in [1.82, 2.24) is 5.32 Å². The van der Waals surface area contributed by atoms with Crippen molar-refractivity contribution in [3.8, 4) is 0 Å². The topological polar surface area (TPSA) is 96.9 Å². The minimum atomic E-state index is -0.417.